The molecule has 62 valence electrons. The van der Waals surface area contributed by atoms with Crippen molar-refractivity contribution in [3.05, 3.63) is 23.5 Å². The zero-order valence-electron chi connectivity index (χ0n) is 7.44. The van der Waals surface area contributed by atoms with Crippen molar-refractivity contribution in [2.45, 2.75) is 26.8 Å². The molecule has 0 saturated carbocycles. The maximum atomic E-state index is 3.37. The van der Waals surface area contributed by atoms with Crippen LogP contribution in [-0.2, 0) is 0 Å². The van der Waals surface area contributed by atoms with Gasteiger partial charge in [0.2, 0.25) is 0 Å². The SMILES string of the molecule is CC1=CNCC(NC(C)C)=C1. The Morgan fingerprint density at radius 1 is 1.55 bits per heavy atom. The highest BCUT2D eigenvalue weighted by atomic mass is 15.0. The van der Waals surface area contributed by atoms with Gasteiger partial charge < -0.3 is 10.6 Å². The van der Waals surface area contributed by atoms with Crippen molar-refractivity contribution in [2.75, 3.05) is 6.54 Å². The Morgan fingerprint density at radius 2 is 2.27 bits per heavy atom. The molecule has 1 heterocycles. The van der Waals surface area contributed by atoms with E-state index in [2.05, 4.69) is 37.5 Å². The number of nitrogens with one attached hydrogen (secondary N) is 2. The van der Waals surface area contributed by atoms with Crippen LogP contribution in [0.1, 0.15) is 20.8 Å². The van der Waals surface area contributed by atoms with Crippen LogP contribution in [0.5, 0.6) is 0 Å². The molecule has 2 heteroatoms. The Balaban J connectivity index is 2.51. The van der Waals surface area contributed by atoms with Gasteiger partial charge in [0, 0.05) is 11.7 Å². The quantitative estimate of drug-likeness (QED) is 0.624. The molecule has 0 atom stereocenters. The molecular weight excluding hydrogens is 136 g/mol. The molecule has 0 saturated heterocycles. The van der Waals surface area contributed by atoms with Crippen LogP contribution in [0.2, 0.25) is 0 Å². The zero-order chi connectivity index (χ0) is 8.27. The van der Waals surface area contributed by atoms with Crippen molar-refractivity contribution in [1.82, 2.24) is 10.6 Å². The van der Waals surface area contributed by atoms with E-state index in [4.69, 9.17) is 0 Å². The number of hydrogen-bond donors (Lipinski definition) is 2. The Bertz CT molecular complexity index is 190. The van der Waals surface area contributed by atoms with Crippen LogP contribution in [0.3, 0.4) is 0 Å². The van der Waals surface area contributed by atoms with E-state index in [1.807, 2.05) is 6.20 Å². The molecule has 0 aromatic heterocycles. The van der Waals surface area contributed by atoms with Crippen molar-refractivity contribution in [1.29, 1.82) is 0 Å². The molecule has 1 rings (SSSR count). The normalized spacial score (nSPS) is 17.1. The summed E-state index contributed by atoms with van der Waals surface area (Å²) in [5, 5.41) is 6.57. The Labute approximate surface area is 68.4 Å². The highest BCUT2D eigenvalue weighted by Gasteiger charge is 2.01. The summed E-state index contributed by atoms with van der Waals surface area (Å²) in [5.41, 5.74) is 2.56. The third-order valence-corrected chi connectivity index (χ3v) is 1.50. The topological polar surface area (TPSA) is 24.1 Å². The van der Waals surface area contributed by atoms with Crippen molar-refractivity contribution in [2.24, 2.45) is 0 Å². The summed E-state index contributed by atoms with van der Waals surface area (Å²) in [5.74, 6) is 0. The van der Waals surface area contributed by atoms with Crippen molar-refractivity contribution in [3.63, 3.8) is 0 Å². The average molecular weight is 152 g/mol. The summed E-state index contributed by atoms with van der Waals surface area (Å²) in [7, 11) is 0. The van der Waals surface area contributed by atoms with E-state index in [0.29, 0.717) is 6.04 Å². The Morgan fingerprint density at radius 3 is 2.82 bits per heavy atom. The van der Waals surface area contributed by atoms with Gasteiger partial charge >= 0.3 is 0 Å². The Kier molecular flexibility index (Phi) is 2.58. The maximum Gasteiger partial charge on any atom is 0.0542 e. The summed E-state index contributed by atoms with van der Waals surface area (Å²) in [6.07, 6.45) is 4.21. The van der Waals surface area contributed by atoms with Gasteiger partial charge in [-0.25, -0.2) is 0 Å². The molecule has 0 spiro atoms. The molecule has 2 N–H and O–H groups in total. The van der Waals surface area contributed by atoms with E-state index >= 15 is 0 Å². The monoisotopic (exact) mass is 152 g/mol. The predicted molar refractivity (Wildman–Crippen MR) is 48.1 cm³/mol. The molecule has 2 nitrogen and oxygen atoms in total. The van der Waals surface area contributed by atoms with E-state index in [-0.39, 0.29) is 0 Å². The van der Waals surface area contributed by atoms with Crippen LogP contribution in [0.4, 0.5) is 0 Å². The van der Waals surface area contributed by atoms with Crippen LogP contribution >= 0.6 is 0 Å². The van der Waals surface area contributed by atoms with Gasteiger partial charge in [-0.3, -0.25) is 0 Å². The molecule has 0 aromatic rings. The fraction of sp³-hybridized carbons (Fsp3) is 0.556. The number of dihydropyridines is 1. The first-order valence-corrected chi connectivity index (χ1v) is 4.06. The lowest BCUT2D eigenvalue weighted by molar-refractivity contribution is 0.641. The molecule has 11 heavy (non-hydrogen) atoms. The van der Waals surface area contributed by atoms with Crippen LogP contribution in [0.15, 0.2) is 23.5 Å². The molecule has 0 amide bonds. The molecule has 0 radical (unpaired) electrons. The molecule has 0 aliphatic carbocycles. The van der Waals surface area contributed by atoms with Gasteiger partial charge in [-0.05, 0) is 38.6 Å². The first-order chi connectivity index (χ1) is 5.18. The number of rotatable bonds is 2. The molecule has 1 aliphatic heterocycles. The van der Waals surface area contributed by atoms with Gasteiger partial charge in [0.05, 0.1) is 6.54 Å². The van der Waals surface area contributed by atoms with Gasteiger partial charge in [-0.15, -0.1) is 0 Å². The maximum absolute atomic E-state index is 3.37. The van der Waals surface area contributed by atoms with E-state index in [9.17, 15) is 0 Å². The minimum atomic E-state index is 0.522. The highest BCUT2D eigenvalue weighted by Crippen LogP contribution is 2.03. The molecular formula is C9H16N2. The molecule has 0 bridgehead atoms. The molecule has 0 aromatic carbocycles. The van der Waals surface area contributed by atoms with Crippen LogP contribution in [0.25, 0.3) is 0 Å². The van der Waals surface area contributed by atoms with Gasteiger partial charge in [0.25, 0.3) is 0 Å². The predicted octanol–water partition coefficient (Wildman–Crippen LogP) is 1.38. The largest absolute Gasteiger partial charge is 0.385 e. The van der Waals surface area contributed by atoms with Gasteiger partial charge in [-0.1, -0.05) is 0 Å². The van der Waals surface area contributed by atoms with Gasteiger partial charge in [0.15, 0.2) is 0 Å². The van der Waals surface area contributed by atoms with E-state index < -0.39 is 0 Å². The summed E-state index contributed by atoms with van der Waals surface area (Å²) >= 11 is 0. The van der Waals surface area contributed by atoms with E-state index in [1.54, 1.807) is 0 Å². The van der Waals surface area contributed by atoms with Crippen molar-refractivity contribution in [3.8, 4) is 0 Å². The van der Waals surface area contributed by atoms with E-state index in [1.165, 1.54) is 11.3 Å². The van der Waals surface area contributed by atoms with E-state index in [0.717, 1.165) is 6.54 Å². The lowest BCUT2D eigenvalue weighted by Crippen LogP contribution is -2.29. The number of hydrogen-bond acceptors (Lipinski definition) is 2. The fourth-order valence-corrected chi connectivity index (χ4v) is 1.15. The van der Waals surface area contributed by atoms with Crippen molar-refractivity contribution >= 4 is 0 Å². The summed E-state index contributed by atoms with van der Waals surface area (Å²) in [6.45, 7) is 7.31. The standard InChI is InChI=1S/C9H16N2/c1-7(2)11-9-4-8(3)5-10-6-9/h4-5,7,10-11H,6H2,1-3H3. The highest BCUT2D eigenvalue weighted by molar-refractivity contribution is 5.25. The van der Waals surface area contributed by atoms with Crippen LogP contribution in [0, 0.1) is 0 Å². The van der Waals surface area contributed by atoms with Crippen LogP contribution in [-0.4, -0.2) is 12.6 Å². The second-order valence-electron chi connectivity index (χ2n) is 3.24. The lowest BCUT2D eigenvalue weighted by atomic mass is 10.2. The molecule has 0 fully saturated rings. The average Bonchev–Trinajstić information content (AvgIpc) is 1.85. The minimum Gasteiger partial charge on any atom is -0.385 e. The van der Waals surface area contributed by atoms with Crippen LogP contribution < -0.4 is 10.6 Å². The second-order valence-corrected chi connectivity index (χ2v) is 3.24. The third kappa shape index (κ3) is 2.66. The van der Waals surface area contributed by atoms with Crippen molar-refractivity contribution < 1.29 is 0 Å². The zero-order valence-corrected chi connectivity index (χ0v) is 7.44. The van der Waals surface area contributed by atoms with Gasteiger partial charge in [0.1, 0.15) is 0 Å². The van der Waals surface area contributed by atoms with Gasteiger partial charge in [-0.2, -0.15) is 0 Å². The number of allylic oxidation sites excluding steroid dienone is 2. The fourth-order valence-electron chi connectivity index (χ4n) is 1.15. The second kappa shape index (κ2) is 3.46. The summed E-state index contributed by atoms with van der Waals surface area (Å²) in [6, 6.07) is 0.522. The molecule has 0 unspecified atom stereocenters. The Hall–Kier alpha value is -0.920. The molecule has 1 aliphatic rings. The lowest BCUT2D eigenvalue weighted by Gasteiger charge is -2.17. The minimum absolute atomic E-state index is 0.522. The first kappa shape index (κ1) is 8.18. The first-order valence-electron chi connectivity index (χ1n) is 4.06. The summed E-state index contributed by atoms with van der Waals surface area (Å²) in [4.78, 5) is 0. The smallest absolute Gasteiger partial charge is 0.0542 e. The summed E-state index contributed by atoms with van der Waals surface area (Å²) < 4.78 is 0. The third-order valence-electron chi connectivity index (χ3n) is 1.50.